The average Bonchev–Trinajstić information content (AvgIpc) is 2.95. The molecule has 13 heteroatoms. The summed E-state index contributed by atoms with van der Waals surface area (Å²) in [6.45, 7) is 6.69. The van der Waals surface area contributed by atoms with Crippen LogP contribution in [0.1, 0.15) is 70.6 Å². The van der Waals surface area contributed by atoms with Gasteiger partial charge in [0.15, 0.2) is 0 Å². The molecule has 8 nitrogen and oxygen atoms in total. The fourth-order valence-electron chi connectivity index (χ4n) is 4.73. The number of halogens is 5. The van der Waals surface area contributed by atoms with Crippen LogP contribution in [0.15, 0.2) is 48.7 Å². The SMILES string of the molecule is CCCN(CCC)C(=O)c1cc(C)cc(C(=O)N[C@@H](Cc2cc(F)cc(F)c2)[C@@H](O)CCNc2nccc(C(F)(F)F)n2)c1. The molecule has 0 spiro atoms. The molecule has 3 rings (SSSR count). The van der Waals surface area contributed by atoms with Gasteiger partial charge in [-0.1, -0.05) is 13.8 Å². The summed E-state index contributed by atoms with van der Waals surface area (Å²) in [6.07, 6.45) is -3.76. The van der Waals surface area contributed by atoms with E-state index in [1.807, 2.05) is 13.8 Å². The van der Waals surface area contributed by atoms with Gasteiger partial charge in [-0.2, -0.15) is 13.2 Å². The highest BCUT2D eigenvalue weighted by Crippen LogP contribution is 2.27. The van der Waals surface area contributed by atoms with Gasteiger partial charge in [-0.25, -0.2) is 18.7 Å². The summed E-state index contributed by atoms with van der Waals surface area (Å²) in [4.78, 5) is 35.5. The fourth-order valence-corrected chi connectivity index (χ4v) is 4.73. The monoisotopic (exact) mass is 621 g/mol. The lowest BCUT2D eigenvalue weighted by Crippen LogP contribution is -2.45. The summed E-state index contributed by atoms with van der Waals surface area (Å²) in [5.74, 6) is -2.84. The van der Waals surface area contributed by atoms with Crippen molar-refractivity contribution in [3.8, 4) is 0 Å². The molecule has 2 amide bonds. The number of amides is 2. The van der Waals surface area contributed by atoms with E-state index in [4.69, 9.17) is 0 Å². The molecule has 0 aliphatic carbocycles. The molecule has 1 heterocycles. The number of aliphatic hydroxyl groups is 1. The Labute approximate surface area is 252 Å². The van der Waals surface area contributed by atoms with Gasteiger partial charge in [0.05, 0.1) is 12.1 Å². The van der Waals surface area contributed by atoms with Gasteiger partial charge in [-0.05, 0) is 80.1 Å². The minimum atomic E-state index is -4.67. The second-order valence-corrected chi connectivity index (χ2v) is 10.5. The molecule has 0 saturated heterocycles. The van der Waals surface area contributed by atoms with Crippen LogP contribution in [0.25, 0.3) is 0 Å². The Hall–Kier alpha value is -4.13. The maximum Gasteiger partial charge on any atom is 0.433 e. The molecule has 2 aromatic carbocycles. The van der Waals surface area contributed by atoms with Gasteiger partial charge in [0.25, 0.3) is 11.8 Å². The Kier molecular flexibility index (Phi) is 12.1. The molecular weight excluding hydrogens is 585 g/mol. The second kappa shape index (κ2) is 15.6. The van der Waals surface area contributed by atoms with Crippen molar-refractivity contribution in [2.75, 3.05) is 25.0 Å². The summed E-state index contributed by atoms with van der Waals surface area (Å²) < 4.78 is 66.8. The highest BCUT2D eigenvalue weighted by atomic mass is 19.4. The molecule has 0 aliphatic heterocycles. The van der Waals surface area contributed by atoms with Crippen molar-refractivity contribution >= 4 is 17.8 Å². The summed E-state index contributed by atoms with van der Waals surface area (Å²) in [5.41, 5.74) is 0.155. The van der Waals surface area contributed by atoms with Crippen molar-refractivity contribution < 1.29 is 36.6 Å². The number of anilines is 1. The van der Waals surface area contributed by atoms with Gasteiger partial charge in [-0.15, -0.1) is 0 Å². The van der Waals surface area contributed by atoms with Crippen LogP contribution in [-0.4, -0.2) is 63.6 Å². The van der Waals surface area contributed by atoms with Gasteiger partial charge < -0.3 is 20.6 Å². The van der Waals surface area contributed by atoms with Crippen LogP contribution in [0.2, 0.25) is 0 Å². The van der Waals surface area contributed by atoms with E-state index in [2.05, 4.69) is 20.6 Å². The largest absolute Gasteiger partial charge is 0.433 e. The number of alkyl halides is 3. The average molecular weight is 622 g/mol. The number of aromatic nitrogens is 2. The molecular formula is C31H36F5N5O3. The summed E-state index contributed by atoms with van der Waals surface area (Å²) in [5, 5.41) is 16.3. The lowest BCUT2D eigenvalue weighted by Gasteiger charge is -2.25. The van der Waals surface area contributed by atoms with Crippen LogP contribution >= 0.6 is 0 Å². The first-order valence-electron chi connectivity index (χ1n) is 14.3. The van der Waals surface area contributed by atoms with Gasteiger partial charge in [-0.3, -0.25) is 9.59 Å². The number of rotatable bonds is 14. The first kappa shape index (κ1) is 34.4. The maximum atomic E-state index is 13.9. The van der Waals surface area contributed by atoms with E-state index in [1.165, 1.54) is 6.07 Å². The molecule has 0 fully saturated rings. The molecule has 238 valence electrons. The van der Waals surface area contributed by atoms with Gasteiger partial charge in [0.2, 0.25) is 5.95 Å². The van der Waals surface area contributed by atoms with Crippen molar-refractivity contribution in [2.45, 2.75) is 64.8 Å². The van der Waals surface area contributed by atoms with Crippen LogP contribution in [0.5, 0.6) is 0 Å². The molecule has 3 N–H and O–H groups in total. The number of aliphatic hydroxyl groups excluding tert-OH is 1. The van der Waals surface area contributed by atoms with Crippen LogP contribution in [0, 0.1) is 18.6 Å². The standard InChI is InChI=1S/C31H36F5N5O3/c1-4-10-41(11-5-2)29(44)22-13-19(3)12-21(17-22)28(43)39-25(16-20-14-23(32)18-24(33)15-20)26(42)6-8-37-30-38-9-7-27(40-30)31(34,35)36/h7,9,12-15,17-18,25-26,42H,4-6,8,10-11,16H2,1-3H3,(H,39,43)(H,37,38,40)/t25-,26-/m0/s1. The quantitative estimate of drug-likeness (QED) is 0.204. The number of nitrogens with one attached hydrogen (secondary N) is 2. The van der Waals surface area contributed by atoms with Crippen molar-refractivity contribution in [1.82, 2.24) is 20.2 Å². The van der Waals surface area contributed by atoms with Crippen molar-refractivity contribution in [1.29, 1.82) is 0 Å². The zero-order chi connectivity index (χ0) is 32.4. The maximum absolute atomic E-state index is 13.9. The molecule has 2 atom stereocenters. The fraction of sp³-hybridized carbons (Fsp3) is 0.419. The zero-order valence-corrected chi connectivity index (χ0v) is 24.7. The van der Waals surface area contributed by atoms with Gasteiger partial charge >= 0.3 is 6.18 Å². The number of aryl methyl sites for hydroxylation is 1. The molecule has 0 aliphatic rings. The van der Waals surface area contributed by atoms with Crippen LogP contribution in [-0.2, 0) is 12.6 Å². The van der Waals surface area contributed by atoms with E-state index >= 15 is 0 Å². The number of benzene rings is 2. The first-order chi connectivity index (χ1) is 20.8. The predicted molar refractivity (Wildman–Crippen MR) is 155 cm³/mol. The third kappa shape index (κ3) is 9.97. The van der Waals surface area contributed by atoms with E-state index < -0.39 is 41.6 Å². The Morgan fingerprint density at radius 1 is 0.977 bits per heavy atom. The number of nitrogens with zero attached hydrogens (tertiary/aromatic N) is 3. The third-order valence-electron chi connectivity index (χ3n) is 6.69. The number of hydrogen-bond acceptors (Lipinski definition) is 6. The lowest BCUT2D eigenvalue weighted by atomic mass is 9.97. The van der Waals surface area contributed by atoms with Crippen LogP contribution in [0.4, 0.5) is 27.9 Å². The van der Waals surface area contributed by atoms with E-state index in [-0.39, 0.29) is 42.4 Å². The molecule has 1 aromatic heterocycles. The summed E-state index contributed by atoms with van der Waals surface area (Å²) in [7, 11) is 0. The van der Waals surface area contributed by atoms with E-state index in [9.17, 15) is 36.6 Å². The van der Waals surface area contributed by atoms with Crippen LogP contribution in [0.3, 0.4) is 0 Å². The number of carbonyl (C=O) groups is 2. The first-order valence-corrected chi connectivity index (χ1v) is 14.3. The smallest absolute Gasteiger partial charge is 0.391 e. The lowest BCUT2D eigenvalue weighted by molar-refractivity contribution is -0.141. The molecule has 3 aromatic rings. The predicted octanol–water partition coefficient (Wildman–Crippen LogP) is 5.55. The summed E-state index contributed by atoms with van der Waals surface area (Å²) >= 11 is 0. The minimum Gasteiger partial charge on any atom is -0.391 e. The van der Waals surface area contributed by atoms with Crippen molar-refractivity contribution in [3.63, 3.8) is 0 Å². The molecule has 0 saturated carbocycles. The van der Waals surface area contributed by atoms with E-state index in [0.717, 1.165) is 37.2 Å². The highest BCUT2D eigenvalue weighted by molar-refractivity contribution is 6.00. The molecule has 0 radical (unpaired) electrons. The summed E-state index contributed by atoms with van der Waals surface area (Å²) in [6, 6.07) is 7.21. The van der Waals surface area contributed by atoms with E-state index in [1.54, 1.807) is 24.0 Å². The number of hydrogen-bond donors (Lipinski definition) is 3. The van der Waals surface area contributed by atoms with Crippen molar-refractivity contribution in [2.24, 2.45) is 0 Å². The van der Waals surface area contributed by atoms with Gasteiger partial charge in [0.1, 0.15) is 17.3 Å². The molecule has 0 bridgehead atoms. The van der Waals surface area contributed by atoms with Crippen LogP contribution < -0.4 is 10.6 Å². The molecule has 0 unspecified atom stereocenters. The number of carbonyl (C=O) groups excluding carboxylic acids is 2. The zero-order valence-electron chi connectivity index (χ0n) is 24.7. The topological polar surface area (TPSA) is 107 Å². The minimum absolute atomic E-state index is 0.0832. The van der Waals surface area contributed by atoms with Gasteiger partial charge in [0, 0.05) is 43.0 Å². The van der Waals surface area contributed by atoms with Crippen molar-refractivity contribution in [3.05, 3.63) is 88.2 Å². The van der Waals surface area contributed by atoms with E-state index in [0.29, 0.717) is 30.3 Å². The Bertz CT molecular complexity index is 1410. The third-order valence-corrected chi connectivity index (χ3v) is 6.69. The second-order valence-electron chi connectivity index (χ2n) is 10.5. The Morgan fingerprint density at radius 2 is 1.61 bits per heavy atom. The Morgan fingerprint density at radius 3 is 2.23 bits per heavy atom. The highest BCUT2D eigenvalue weighted by Gasteiger charge is 2.33. The molecule has 44 heavy (non-hydrogen) atoms. The Balaban J connectivity index is 1.81. The normalized spacial score (nSPS) is 12.8.